The molecule has 100 valence electrons. The normalized spacial score (nSPS) is 10.4. The molecule has 0 fully saturated rings. The molecule has 2 rings (SSSR count). The monoisotopic (exact) mass is 277 g/mol. The summed E-state index contributed by atoms with van der Waals surface area (Å²) in [5.41, 5.74) is 0.997. The summed E-state index contributed by atoms with van der Waals surface area (Å²) in [4.78, 5) is 15.4. The summed E-state index contributed by atoms with van der Waals surface area (Å²) < 4.78 is 10.5. The van der Waals surface area contributed by atoms with Crippen molar-refractivity contribution in [2.45, 2.75) is 12.7 Å². The molecule has 0 bridgehead atoms. The smallest absolute Gasteiger partial charge is 0.315 e. The van der Waals surface area contributed by atoms with Crippen molar-refractivity contribution in [3.63, 3.8) is 0 Å². The maximum atomic E-state index is 11.2. The van der Waals surface area contributed by atoms with E-state index in [0.717, 1.165) is 11.3 Å². The van der Waals surface area contributed by atoms with E-state index < -0.39 is 0 Å². The lowest BCUT2D eigenvalue weighted by Gasteiger charge is -1.99. The van der Waals surface area contributed by atoms with Gasteiger partial charge in [0.2, 0.25) is 5.89 Å². The van der Waals surface area contributed by atoms with Crippen LogP contribution in [0, 0.1) is 0 Å². The summed E-state index contributed by atoms with van der Waals surface area (Å²) in [7, 11) is 0. The Kier molecular flexibility index (Phi) is 5.03. The summed E-state index contributed by atoms with van der Waals surface area (Å²) >= 11 is 1.43. The molecule has 1 aromatic carbocycles. The van der Waals surface area contributed by atoms with Crippen molar-refractivity contribution in [1.82, 2.24) is 4.98 Å². The average molecular weight is 277 g/mol. The van der Waals surface area contributed by atoms with Crippen LogP contribution in [0.15, 0.2) is 40.9 Å². The Morgan fingerprint density at radius 1 is 1.37 bits per heavy atom. The number of rotatable bonds is 6. The van der Waals surface area contributed by atoms with Crippen LogP contribution in [0.25, 0.3) is 11.3 Å². The Morgan fingerprint density at radius 3 is 2.89 bits per heavy atom. The highest BCUT2D eigenvalue weighted by molar-refractivity contribution is 7.99. The molecule has 19 heavy (non-hydrogen) atoms. The van der Waals surface area contributed by atoms with Gasteiger partial charge in [-0.2, -0.15) is 0 Å². The van der Waals surface area contributed by atoms with Gasteiger partial charge in [0.25, 0.3) is 0 Å². The van der Waals surface area contributed by atoms with E-state index in [-0.39, 0.29) is 5.97 Å². The van der Waals surface area contributed by atoms with Gasteiger partial charge in [-0.1, -0.05) is 30.3 Å². The Morgan fingerprint density at radius 2 is 2.16 bits per heavy atom. The highest BCUT2D eigenvalue weighted by Crippen LogP contribution is 2.21. The fraction of sp³-hybridized carbons (Fsp3) is 0.286. The third kappa shape index (κ3) is 4.13. The first kappa shape index (κ1) is 13.7. The minimum Gasteiger partial charge on any atom is -0.465 e. The number of hydrogen-bond acceptors (Lipinski definition) is 5. The molecule has 0 aliphatic rings. The van der Waals surface area contributed by atoms with Gasteiger partial charge in [0.1, 0.15) is 0 Å². The fourth-order valence-electron chi connectivity index (χ4n) is 1.54. The molecule has 0 saturated carbocycles. The van der Waals surface area contributed by atoms with E-state index in [1.165, 1.54) is 11.8 Å². The van der Waals surface area contributed by atoms with Gasteiger partial charge < -0.3 is 9.15 Å². The zero-order valence-corrected chi connectivity index (χ0v) is 11.5. The highest BCUT2D eigenvalue weighted by atomic mass is 32.2. The van der Waals surface area contributed by atoms with Gasteiger partial charge >= 0.3 is 5.97 Å². The van der Waals surface area contributed by atoms with Crippen molar-refractivity contribution >= 4 is 17.7 Å². The average Bonchev–Trinajstić information content (AvgIpc) is 2.89. The third-order valence-electron chi connectivity index (χ3n) is 2.36. The molecular formula is C14H15NO3S. The van der Waals surface area contributed by atoms with E-state index in [2.05, 4.69) is 4.98 Å². The first-order valence-electron chi connectivity index (χ1n) is 6.03. The first-order chi connectivity index (χ1) is 9.29. The number of thioether (sulfide) groups is 1. The van der Waals surface area contributed by atoms with Gasteiger partial charge in [-0.15, -0.1) is 11.8 Å². The van der Waals surface area contributed by atoms with Gasteiger partial charge in [-0.05, 0) is 6.92 Å². The van der Waals surface area contributed by atoms with Crippen LogP contribution in [-0.2, 0) is 15.3 Å². The number of carbonyl (C=O) groups excluding carboxylic acids is 1. The molecule has 0 saturated heterocycles. The molecule has 0 radical (unpaired) electrons. The van der Waals surface area contributed by atoms with Crippen LogP contribution >= 0.6 is 11.8 Å². The highest BCUT2D eigenvalue weighted by Gasteiger charge is 2.07. The number of aromatic nitrogens is 1. The van der Waals surface area contributed by atoms with E-state index >= 15 is 0 Å². The van der Waals surface area contributed by atoms with Crippen molar-refractivity contribution < 1.29 is 13.9 Å². The molecule has 0 N–H and O–H groups in total. The SMILES string of the molecule is CCOC(=O)CSCc1ncc(-c2ccccc2)o1. The third-order valence-corrected chi connectivity index (χ3v) is 3.25. The van der Waals surface area contributed by atoms with Crippen LogP contribution in [0.3, 0.4) is 0 Å². The molecular weight excluding hydrogens is 262 g/mol. The molecule has 0 amide bonds. The molecule has 0 aliphatic heterocycles. The van der Waals surface area contributed by atoms with Crippen LogP contribution in [0.2, 0.25) is 0 Å². The van der Waals surface area contributed by atoms with E-state index in [1.54, 1.807) is 13.1 Å². The molecule has 1 heterocycles. The van der Waals surface area contributed by atoms with Gasteiger partial charge in [-0.25, -0.2) is 4.98 Å². The van der Waals surface area contributed by atoms with Crippen LogP contribution in [0.1, 0.15) is 12.8 Å². The predicted octanol–water partition coefficient (Wildman–Crippen LogP) is 3.14. The van der Waals surface area contributed by atoms with Crippen LogP contribution in [0.5, 0.6) is 0 Å². The molecule has 0 spiro atoms. The van der Waals surface area contributed by atoms with Crippen molar-refractivity contribution in [2.75, 3.05) is 12.4 Å². The topological polar surface area (TPSA) is 52.3 Å². The largest absolute Gasteiger partial charge is 0.465 e. The molecule has 0 unspecified atom stereocenters. The minimum absolute atomic E-state index is 0.206. The van der Waals surface area contributed by atoms with Gasteiger partial charge in [0, 0.05) is 5.56 Å². The summed E-state index contributed by atoms with van der Waals surface area (Å²) in [5.74, 6) is 2.03. The number of ether oxygens (including phenoxy) is 1. The Balaban J connectivity index is 1.86. The fourth-order valence-corrected chi connectivity index (χ4v) is 2.20. The van der Waals surface area contributed by atoms with Gasteiger partial charge in [0.05, 0.1) is 24.3 Å². The predicted molar refractivity (Wildman–Crippen MR) is 74.7 cm³/mol. The summed E-state index contributed by atoms with van der Waals surface area (Å²) in [6.07, 6.45) is 1.70. The molecule has 1 aromatic heterocycles. The van der Waals surface area contributed by atoms with Crippen LogP contribution in [-0.4, -0.2) is 23.3 Å². The summed E-state index contributed by atoms with van der Waals surface area (Å²) in [6, 6.07) is 9.79. The number of hydrogen-bond donors (Lipinski definition) is 0. The summed E-state index contributed by atoms with van der Waals surface area (Å²) in [5, 5.41) is 0. The lowest BCUT2D eigenvalue weighted by molar-refractivity contribution is -0.139. The van der Waals surface area contributed by atoms with Crippen molar-refractivity contribution in [3.8, 4) is 11.3 Å². The van der Waals surface area contributed by atoms with E-state index in [0.29, 0.717) is 24.0 Å². The quantitative estimate of drug-likeness (QED) is 0.759. The maximum Gasteiger partial charge on any atom is 0.315 e. The first-order valence-corrected chi connectivity index (χ1v) is 7.18. The minimum atomic E-state index is -0.206. The summed E-state index contributed by atoms with van der Waals surface area (Å²) in [6.45, 7) is 2.21. The molecule has 0 atom stereocenters. The van der Waals surface area contributed by atoms with Crippen molar-refractivity contribution in [2.24, 2.45) is 0 Å². The number of nitrogens with zero attached hydrogens (tertiary/aromatic N) is 1. The molecule has 4 nitrogen and oxygen atoms in total. The Bertz CT molecular complexity index is 524. The van der Waals surface area contributed by atoms with Crippen LogP contribution in [0.4, 0.5) is 0 Å². The Labute approximate surface area is 116 Å². The van der Waals surface area contributed by atoms with Gasteiger partial charge in [0.15, 0.2) is 5.76 Å². The molecule has 5 heteroatoms. The second-order valence-corrected chi connectivity index (χ2v) is 4.77. The number of carbonyl (C=O) groups is 1. The lowest BCUT2D eigenvalue weighted by Crippen LogP contribution is -2.06. The van der Waals surface area contributed by atoms with Crippen molar-refractivity contribution in [3.05, 3.63) is 42.4 Å². The second kappa shape index (κ2) is 6.99. The number of esters is 1. The van der Waals surface area contributed by atoms with Gasteiger partial charge in [-0.3, -0.25) is 4.79 Å². The molecule has 2 aromatic rings. The maximum absolute atomic E-state index is 11.2. The van der Waals surface area contributed by atoms with Crippen molar-refractivity contribution in [1.29, 1.82) is 0 Å². The Hall–Kier alpha value is -1.75. The van der Waals surface area contributed by atoms with E-state index in [4.69, 9.17) is 9.15 Å². The zero-order chi connectivity index (χ0) is 13.5. The lowest BCUT2D eigenvalue weighted by atomic mass is 10.2. The number of oxazole rings is 1. The zero-order valence-electron chi connectivity index (χ0n) is 10.7. The number of benzene rings is 1. The van der Waals surface area contributed by atoms with Crippen LogP contribution < -0.4 is 0 Å². The molecule has 0 aliphatic carbocycles. The van der Waals surface area contributed by atoms with E-state index in [1.807, 2.05) is 30.3 Å². The van der Waals surface area contributed by atoms with E-state index in [9.17, 15) is 4.79 Å². The second-order valence-electron chi connectivity index (χ2n) is 3.78. The standard InChI is InChI=1S/C14H15NO3S/c1-2-17-14(16)10-19-9-13-15-8-12(18-13)11-6-4-3-5-7-11/h3-8H,2,9-10H2,1H3.